The van der Waals surface area contributed by atoms with Crippen LogP contribution < -0.4 is 14.8 Å². The second-order valence-corrected chi connectivity index (χ2v) is 9.15. The summed E-state index contributed by atoms with van der Waals surface area (Å²) in [6, 6.07) is 12.7. The van der Waals surface area contributed by atoms with Crippen molar-refractivity contribution in [1.29, 1.82) is 0 Å². The molecule has 0 aromatic heterocycles. The quantitative estimate of drug-likeness (QED) is 0.552. The third kappa shape index (κ3) is 6.50. The molecule has 3 rings (SSSR count). The number of sulfonamides is 1. The van der Waals surface area contributed by atoms with Crippen LogP contribution in [0.2, 0.25) is 5.02 Å². The number of hydrogen-bond donors (Lipinski definition) is 2. The minimum absolute atomic E-state index is 0.00825. The van der Waals surface area contributed by atoms with Gasteiger partial charge in [-0.25, -0.2) is 8.42 Å². The van der Waals surface area contributed by atoms with E-state index in [9.17, 15) is 13.2 Å². The van der Waals surface area contributed by atoms with Gasteiger partial charge in [0.25, 0.3) is 15.9 Å². The first-order valence-electron chi connectivity index (χ1n) is 9.89. The molecule has 30 heavy (non-hydrogen) atoms. The number of rotatable bonds is 9. The van der Waals surface area contributed by atoms with Crippen LogP contribution >= 0.6 is 11.6 Å². The average molecular weight is 449 g/mol. The third-order valence-corrected chi connectivity index (χ3v) is 6.43. The molecule has 0 spiro atoms. The van der Waals surface area contributed by atoms with Crippen molar-refractivity contribution in [3.63, 3.8) is 0 Å². The first-order valence-corrected chi connectivity index (χ1v) is 11.7. The summed E-state index contributed by atoms with van der Waals surface area (Å²) in [6.07, 6.45) is 7.80. The lowest BCUT2D eigenvalue weighted by atomic mass is 9.97. The summed E-state index contributed by atoms with van der Waals surface area (Å²) in [6.45, 7) is 0.386. The summed E-state index contributed by atoms with van der Waals surface area (Å²) in [5.74, 6) is 0.00499. The SMILES string of the molecule is O=C(COc1ccc(S(=O)(=O)Nc2ccccc2)cc1Cl)NCCC1=CCCCC1. The summed E-state index contributed by atoms with van der Waals surface area (Å²) >= 11 is 6.17. The van der Waals surface area contributed by atoms with Crippen molar-refractivity contribution in [2.24, 2.45) is 0 Å². The maximum Gasteiger partial charge on any atom is 0.261 e. The monoisotopic (exact) mass is 448 g/mol. The highest BCUT2D eigenvalue weighted by atomic mass is 35.5. The molecule has 2 aromatic rings. The van der Waals surface area contributed by atoms with Crippen LogP contribution in [-0.2, 0) is 14.8 Å². The van der Waals surface area contributed by atoms with Crippen LogP contribution in [0.25, 0.3) is 0 Å². The molecule has 0 atom stereocenters. The number of benzene rings is 2. The molecule has 2 aromatic carbocycles. The first kappa shape index (κ1) is 22.2. The van der Waals surface area contributed by atoms with E-state index in [4.69, 9.17) is 16.3 Å². The second-order valence-electron chi connectivity index (χ2n) is 7.06. The summed E-state index contributed by atoms with van der Waals surface area (Å²) in [5, 5.41) is 2.95. The van der Waals surface area contributed by atoms with Crippen molar-refractivity contribution in [3.8, 4) is 5.75 Å². The molecule has 0 fully saturated rings. The largest absolute Gasteiger partial charge is 0.482 e. The molecule has 160 valence electrons. The van der Waals surface area contributed by atoms with E-state index < -0.39 is 10.0 Å². The van der Waals surface area contributed by atoms with Crippen LogP contribution in [-0.4, -0.2) is 27.5 Å². The van der Waals surface area contributed by atoms with E-state index >= 15 is 0 Å². The van der Waals surface area contributed by atoms with Gasteiger partial charge in [-0.1, -0.05) is 41.4 Å². The number of nitrogens with one attached hydrogen (secondary N) is 2. The molecule has 1 aliphatic carbocycles. The zero-order valence-electron chi connectivity index (χ0n) is 16.6. The van der Waals surface area contributed by atoms with E-state index in [0.717, 1.165) is 19.3 Å². The summed E-state index contributed by atoms with van der Waals surface area (Å²) in [5.41, 5.74) is 1.85. The van der Waals surface area contributed by atoms with Gasteiger partial charge in [0.15, 0.2) is 6.61 Å². The number of carbonyl (C=O) groups is 1. The van der Waals surface area contributed by atoms with Crippen molar-refractivity contribution >= 4 is 33.2 Å². The predicted octanol–water partition coefficient (Wildman–Crippen LogP) is 4.53. The molecule has 2 N–H and O–H groups in total. The summed E-state index contributed by atoms with van der Waals surface area (Å²) in [4.78, 5) is 12.0. The van der Waals surface area contributed by atoms with Gasteiger partial charge in [-0.2, -0.15) is 0 Å². The van der Waals surface area contributed by atoms with Crippen LogP contribution in [0.3, 0.4) is 0 Å². The number of amides is 1. The van der Waals surface area contributed by atoms with Crippen LogP contribution in [0, 0.1) is 0 Å². The molecular formula is C22H25ClN2O4S. The molecule has 0 saturated heterocycles. The van der Waals surface area contributed by atoms with E-state index in [0.29, 0.717) is 12.2 Å². The fraction of sp³-hybridized carbons (Fsp3) is 0.318. The van der Waals surface area contributed by atoms with Gasteiger partial charge < -0.3 is 10.1 Å². The zero-order chi connectivity index (χ0) is 21.4. The molecule has 0 unspecified atom stereocenters. The van der Waals surface area contributed by atoms with Gasteiger partial charge in [-0.05, 0) is 62.4 Å². The Bertz CT molecular complexity index is 1010. The number of anilines is 1. The molecule has 0 radical (unpaired) electrons. The average Bonchev–Trinajstić information content (AvgIpc) is 2.74. The van der Waals surface area contributed by atoms with Crippen molar-refractivity contribution in [2.45, 2.75) is 37.0 Å². The highest BCUT2D eigenvalue weighted by Crippen LogP contribution is 2.28. The van der Waals surface area contributed by atoms with Crippen molar-refractivity contribution in [1.82, 2.24) is 5.32 Å². The number of allylic oxidation sites excluding steroid dienone is 1. The van der Waals surface area contributed by atoms with Crippen molar-refractivity contribution in [3.05, 3.63) is 65.2 Å². The Morgan fingerprint density at radius 3 is 2.60 bits per heavy atom. The standard InChI is InChI=1S/C22H25ClN2O4S/c23-20-15-19(30(27,28)25-18-9-5-2-6-10-18)11-12-21(20)29-16-22(26)24-14-13-17-7-3-1-4-8-17/h2,5-7,9-12,15,25H,1,3-4,8,13-14,16H2,(H,24,26). The molecule has 1 aliphatic rings. The molecule has 0 heterocycles. The van der Waals surface area contributed by atoms with E-state index in [2.05, 4.69) is 16.1 Å². The van der Waals surface area contributed by atoms with Gasteiger partial charge in [0.1, 0.15) is 5.75 Å². The van der Waals surface area contributed by atoms with Gasteiger partial charge in [0.2, 0.25) is 0 Å². The second kappa shape index (κ2) is 10.5. The lowest BCUT2D eigenvalue weighted by Crippen LogP contribution is -2.30. The fourth-order valence-electron chi connectivity index (χ4n) is 3.17. The zero-order valence-corrected chi connectivity index (χ0v) is 18.1. The van der Waals surface area contributed by atoms with Crippen molar-refractivity contribution in [2.75, 3.05) is 17.9 Å². The van der Waals surface area contributed by atoms with Crippen LogP contribution in [0.4, 0.5) is 5.69 Å². The smallest absolute Gasteiger partial charge is 0.261 e. The molecule has 1 amide bonds. The van der Waals surface area contributed by atoms with Gasteiger partial charge in [-0.15, -0.1) is 0 Å². The summed E-state index contributed by atoms with van der Waals surface area (Å²) in [7, 11) is -3.78. The maximum atomic E-state index is 12.5. The van der Waals surface area contributed by atoms with E-state index in [1.807, 2.05) is 0 Å². The Balaban J connectivity index is 1.51. The number of halogens is 1. The molecule has 8 heteroatoms. The molecule has 0 saturated carbocycles. The van der Waals surface area contributed by atoms with Crippen molar-refractivity contribution < 1.29 is 17.9 Å². The van der Waals surface area contributed by atoms with Gasteiger partial charge >= 0.3 is 0 Å². The molecule has 6 nitrogen and oxygen atoms in total. The minimum Gasteiger partial charge on any atom is -0.482 e. The highest BCUT2D eigenvalue weighted by Gasteiger charge is 2.17. The minimum atomic E-state index is -3.78. The number of hydrogen-bond acceptors (Lipinski definition) is 4. The fourth-order valence-corrected chi connectivity index (χ4v) is 4.56. The maximum absolute atomic E-state index is 12.5. The van der Waals surface area contributed by atoms with E-state index in [1.54, 1.807) is 30.3 Å². The van der Waals surface area contributed by atoms with Gasteiger partial charge in [0, 0.05) is 12.2 Å². The van der Waals surface area contributed by atoms with Crippen LogP contribution in [0.5, 0.6) is 5.75 Å². The Hall–Kier alpha value is -2.51. The topological polar surface area (TPSA) is 84.5 Å². The lowest BCUT2D eigenvalue weighted by molar-refractivity contribution is -0.123. The number of ether oxygens (including phenoxy) is 1. The highest BCUT2D eigenvalue weighted by molar-refractivity contribution is 7.92. The van der Waals surface area contributed by atoms with Gasteiger partial charge in [-0.3, -0.25) is 9.52 Å². The normalized spacial score (nSPS) is 14.0. The van der Waals surface area contributed by atoms with E-state index in [1.165, 1.54) is 36.6 Å². The number of para-hydroxylation sites is 1. The lowest BCUT2D eigenvalue weighted by Gasteiger charge is -2.13. The Labute approximate surface area is 182 Å². The van der Waals surface area contributed by atoms with E-state index in [-0.39, 0.29) is 28.2 Å². The third-order valence-electron chi connectivity index (χ3n) is 4.75. The molecule has 0 bridgehead atoms. The van der Waals surface area contributed by atoms with Gasteiger partial charge in [0.05, 0.1) is 9.92 Å². The van der Waals surface area contributed by atoms with Crippen LogP contribution in [0.15, 0.2) is 65.1 Å². The van der Waals surface area contributed by atoms with Crippen LogP contribution in [0.1, 0.15) is 32.1 Å². The Morgan fingerprint density at radius 1 is 1.10 bits per heavy atom. The number of carbonyl (C=O) groups excluding carboxylic acids is 1. The molecular weight excluding hydrogens is 424 g/mol. The predicted molar refractivity (Wildman–Crippen MR) is 118 cm³/mol. The Morgan fingerprint density at radius 2 is 1.90 bits per heavy atom. The first-order chi connectivity index (χ1) is 14.4. The molecule has 0 aliphatic heterocycles. The Kier molecular flexibility index (Phi) is 7.76. The summed E-state index contributed by atoms with van der Waals surface area (Å²) < 4.78 is 32.9.